The third kappa shape index (κ3) is 3.69. The van der Waals surface area contributed by atoms with E-state index in [-0.39, 0.29) is 11.7 Å². The third-order valence-electron chi connectivity index (χ3n) is 3.47. The smallest absolute Gasteiger partial charge is 0.196 e. The van der Waals surface area contributed by atoms with E-state index in [2.05, 4.69) is 23.7 Å². The first kappa shape index (κ1) is 14.8. The van der Waals surface area contributed by atoms with Crippen LogP contribution in [-0.2, 0) is 0 Å². The van der Waals surface area contributed by atoms with Gasteiger partial charge in [0.05, 0.1) is 5.88 Å². The van der Waals surface area contributed by atoms with Gasteiger partial charge >= 0.3 is 0 Å². The average Bonchev–Trinajstić information content (AvgIpc) is 3.05. The highest BCUT2D eigenvalue weighted by atomic mass is 35.5. The molecule has 0 unspecified atom stereocenters. The lowest BCUT2D eigenvalue weighted by Gasteiger charge is -2.30. The first-order chi connectivity index (χ1) is 9.11. The summed E-state index contributed by atoms with van der Waals surface area (Å²) < 4.78 is 0. The lowest BCUT2D eigenvalue weighted by molar-refractivity contribution is 0.101. The molecule has 1 aromatic rings. The number of Topliss-reactive ketones (excluding diaryl/α,β-unsaturated/α-hetero) is 1. The predicted molar refractivity (Wildman–Crippen MR) is 81.6 cm³/mol. The molecule has 0 aliphatic heterocycles. The van der Waals surface area contributed by atoms with Crippen molar-refractivity contribution in [2.45, 2.75) is 45.6 Å². The molecule has 106 valence electrons. The van der Waals surface area contributed by atoms with E-state index in [4.69, 9.17) is 11.6 Å². The van der Waals surface area contributed by atoms with E-state index in [1.54, 1.807) is 11.3 Å². The number of alkyl halides is 1. The molecule has 0 saturated heterocycles. The molecule has 1 saturated carbocycles. The number of hydrogen-bond acceptors (Lipinski definition) is 4. The van der Waals surface area contributed by atoms with Crippen LogP contribution in [0.3, 0.4) is 0 Å². The number of rotatable bonds is 6. The number of carbonyl (C=O) groups excluding carboxylic acids is 1. The van der Waals surface area contributed by atoms with Gasteiger partial charge in [0.2, 0.25) is 0 Å². The molecule has 1 aliphatic rings. The predicted octanol–water partition coefficient (Wildman–Crippen LogP) is 3.97. The minimum Gasteiger partial charge on any atom is -0.345 e. The summed E-state index contributed by atoms with van der Waals surface area (Å²) >= 11 is 7.15. The number of nitrogens with zero attached hydrogens (tertiary/aromatic N) is 2. The van der Waals surface area contributed by atoms with Gasteiger partial charge in [0.1, 0.15) is 5.69 Å². The summed E-state index contributed by atoms with van der Waals surface area (Å²) in [5.41, 5.74) is 0.516. The van der Waals surface area contributed by atoms with Crippen LogP contribution in [0, 0.1) is 5.92 Å². The van der Waals surface area contributed by atoms with Crippen molar-refractivity contribution in [2.75, 3.05) is 17.3 Å². The largest absolute Gasteiger partial charge is 0.345 e. The van der Waals surface area contributed by atoms with Crippen LogP contribution in [0.4, 0.5) is 5.13 Å². The van der Waals surface area contributed by atoms with Gasteiger partial charge in [0, 0.05) is 18.0 Å². The molecule has 2 rings (SSSR count). The van der Waals surface area contributed by atoms with E-state index < -0.39 is 0 Å². The van der Waals surface area contributed by atoms with Gasteiger partial charge in [-0.25, -0.2) is 4.98 Å². The van der Waals surface area contributed by atoms with Gasteiger partial charge in [-0.1, -0.05) is 26.7 Å². The monoisotopic (exact) mass is 300 g/mol. The van der Waals surface area contributed by atoms with E-state index in [0.717, 1.165) is 11.7 Å². The maximum absolute atomic E-state index is 11.6. The van der Waals surface area contributed by atoms with Gasteiger partial charge in [-0.2, -0.15) is 0 Å². The molecule has 1 heterocycles. The molecule has 0 aromatic carbocycles. The summed E-state index contributed by atoms with van der Waals surface area (Å²) in [6.45, 7) is 5.45. The summed E-state index contributed by atoms with van der Waals surface area (Å²) in [6, 6.07) is 0.590. The van der Waals surface area contributed by atoms with Gasteiger partial charge < -0.3 is 4.90 Å². The molecule has 0 radical (unpaired) electrons. The highest BCUT2D eigenvalue weighted by Gasteiger charge is 2.26. The second-order valence-electron chi connectivity index (χ2n) is 5.56. The minimum atomic E-state index is -0.0833. The van der Waals surface area contributed by atoms with E-state index in [1.807, 2.05) is 5.38 Å². The Kier molecular flexibility index (Phi) is 5.22. The van der Waals surface area contributed by atoms with Crippen molar-refractivity contribution in [3.63, 3.8) is 0 Å². The summed E-state index contributed by atoms with van der Waals surface area (Å²) in [5, 5.41) is 2.82. The second kappa shape index (κ2) is 6.71. The maximum Gasteiger partial charge on any atom is 0.196 e. The number of thiazole rings is 1. The van der Waals surface area contributed by atoms with E-state index >= 15 is 0 Å². The topological polar surface area (TPSA) is 33.2 Å². The summed E-state index contributed by atoms with van der Waals surface area (Å²) in [4.78, 5) is 18.5. The van der Waals surface area contributed by atoms with Crippen LogP contribution in [0.5, 0.6) is 0 Å². The molecular formula is C14H21ClN2OS. The molecule has 19 heavy (non-hydrogen) atoms. The average molecular weight is 301 g/mol. The van der Waals surface area contributed by atoms with Gasteiger partial charge in [-0.3, -0.25) is 4.79 Å². The molecule has 1 fully saturated rings. The number of carbonyl (C=O) groups is 1. The third-order valence-corrected chi connectivity index (χ3v) is 4.59. The van der Waals surface area contributed by atoms with Crippen molar-refractivity contribution in [1.29, 1.82) is 0 Å². The van der Waals surface area contributed by atoms with Crippen LogP contribution in [0.15, 0.2) is 5.38 Å². The van der Waals surface area contributed by atoms with Crippen molar-refractivity contribution < 1.29 is 4.79 Å². The summed E-state index contributed by atoms with van der Waals surface area (Å²) in [7, 11) is 0. The van der Waals surface area contributed by atoms with Gasteiger partial charge in [-0.05, 0) is 18.8 Å². The zero-order chi connectivity index (χ0) is 13.8. The molecule has 0 N–H and O–H groups in total. The molecular weight excluding hydrogens is 280 g/mol. The number of hydrogen-bond donors (Lipinski definition) is 0. The standard InChI is InChI=1S/C14H21ClN2OS/c1-10(2)8-17(11-5-3-4-6-11)14-16-12(9-19-14)13(18)7-15/h9-11H,3-8H2,1-2H3. The molecule has 3 nitrogen and oxygen atoms in total. The molecule has 5 heteroatoms. The van der Waals surface area contributed by atoms with Crippen LogP contribution in [-0.4, -0.2) is 29.2 Å². The highest BCUT2D eigenvalue weighted by molar-refractivity contribution is 7.14. The van der Waals surface area contributed by atoms with E-state index in [0.29, 0.717) is 17.7 Å². The van der Waals surface area contributed by atoms with Crippen LogP contribution in [0.2, 0.25) is 0 Å². The number of halogens is 1. The fourth-order valence-corrected chi connectivity index (χ4v) is 3.63. The lowest BCUT2D eigenvalue weighted by Crippen LogP contribution is -2.36. The Labute approximate surface area is 124 Å². The molecule has 1 aliphatic carbocycles. The highest BCUT2D eigenvalue weighted by Crippen LogP contribution is 2.31. The second-order valence-corrected chi connectivity index (χ2v) is 6.66. The zero-order valence-corrected chi connectivity index (χ0v) is 13.1. The normalized spacial score (nSPS) is 16.2. The van der Waals surface area contributed by atoms with Crippen molar-refractivity contribution in [2.24, 2.45) is 5.92 Å². The Morgan fingerprint density at radius 2 is 2.21 bits per heavy atom. The maximum atomic E-state index is 11.6. The van der Waals surface area contributed by atoms with Crippen molar-refractivity contribution >= 4 is 33.9 Å². The van der Waals surface area contributed by atoms with Crippen molar-refractivity contribution in [3.8, 4) is 0 Å². The Hall–Kier alpha value is -0.610. The van der Waals surface area contributed by atoms with E-state index in [9.17, 15) is 4.79 Å². The van der Waals surface area contributed by atoms with Crippen LogP contribution in [0.25, 0.3) is 0 Å². The number of aromatic nitrogens is 1. The van der Waals surface area contributed by atoms with Gasteiger partial charge in [0.25, 0.3) is 0 Å². The number of anilines is 1. The van der Waals surface area contributed by atoms with E-state index in [1.165, 1.54) is 25.7 Å². The van der Waals surface area contributed by atoms with Crippen LogP contribution >= 0.6 is 22.9 Å². The summed E-state index contributed by atoms with van der Waals surface area (Å²) in [6.07, 6.45) is 5.09. The Bertz CT molecular complexity index is 427. The number of ketones is 1. The Balaban J connectivity index is 2.17. The van der Waals surface area contributed by atoms with Crippen LogP contribution < -0.4 is 4.90 Å². The Morgan fingerprint density at radius 3 is 2.79 bits per heavy atom. The van der Waals surface area contributed by atoms with Crippen molar-refractivity contribution in [3.05, 3.63) is 11.1 Å². The molecule has 0 amide bonds. The van der Waals surface area contributed by atoms with Gasteiger partial charge in [0.15, 0.2) is 10.9 Å². The first-order valence-electron chi connectivity index (χ1n) is 6.93. The molecule has 0 bridgehead atoms. The zero-order valence-electron chi connectivity index (χ0n) is 11.6. The first-order valence-corrected chi connectivity index (χ1v) is 8.34. The van der Waals surface area contributed by atoms with Gasteiger partial charge in [-0.15, -0.1) is 22.9 Å². The molecule has 0 atom stereocenters. The van der Waals surface area contributed by atoms with Crippen molar-refractivity contribution in [1.82, 2.24) is 4.98 Å². The SMILES string of the molecule is CC(C)CN(c1nc(C(=O)CCl)cs1)C1CCCC1. The molecule has 0 spiro atoms. The molecule has 1 aromatic heterocycles. The Morgan fingerprint density at radius 1 is 1.53 bits per heavy atom. The summed E-state index contributed by atoms with van der Waals surface area (Å²) in [5.74, 6) is 0.522. The van der Waals surface area contributed by atoms with Crippen LogP contribution in [0.1, 0.15) is 50.0 Å². The lowest BCUT2D eigenvalue weighted by atomic mass is 10.1. The fraction of sp³-hybridized carbons (Fsp3) is 0.714. The fourth-order valence-electron chi connectivity index (χ4n) is 2.59. The minimum absolute atomic E-state index is 0.0107. The quantitative estimate of drug-likeness (QED) is 0.589.